The number of methoxy groups -OCH3 is 1. The first kappa shape index (κ1) is 27.1. The molecule has 9 nitrogen and oxygen atoms in total. The molecule has 2 N–H and O–H groups in total. The van der Waals surface area contributed by atoms with Crippen LogP contribution in [0.3, 0.4) is 0 Å². The number of rotatable bonds is 11. The minimum atomic E-state index is -3.96. The smallest absolute Gasteiger partial charge is 0.258 e. The van der Waals surface area contributed by atoms with E-state index < -0.39 is 22.0 Å². The van der Waals surface area contributed by atoms with Gasteiger partial charge in [0.15, 0.2) is 18.1 Å². The van der Waals surface area contributed by atoms with Crippen molar-refractivity contribution in [2.75, 3.05) is 13.7 Å². The van der Waals surface area contributed by atoms with E-state index in [1.807, 2.05) is 36.4 Å². The quantitative estimate of drug-likeness (QED) is 0.193. The molecule has 1 atom stereocenters. The molecule has 0 aliphatic heterocycles. The van der Waals surface area contributed by atoms with Gasteiger partial charge < -0.3 is 9.47 Å². The van der Waals surface area contributed by atoms with Crippen LogP contribution in [0.15, 0.2) is 82.8 Å². The number of carbonyl (C=O) groups is 1. The second-order valence-corrected chi connectivity index (χ2v) is 10.4. The van der Waals surface area contributed by atoms with Crippen molar-refractivity contribution >= 4 is 44.7 Å². The Kier molecular flexibility index (Phi) is 9.80. The van der Waals surface area contributed by atoms with Gasteiger partial charge in [0.25, 0.3) is 5.91 Å². The first-order valence-corrected chi connectivity index (χ1v) is 13.2. The number of nitriles is 1. The summed E-state index contributed by atoms with van der Waals surface area (Å²) in [6.45, 7) is -0.124. The Morgan fingerprint density at radius 1 is 1.11 bits per heavy atom. The highest BCUT2D eigenvalue weighted by atomic mass is 127. The van der Waals surface area contributed by atoms with E-state index >= 15 is 0 Å². The third-order valence-corrected chi connectivity index (χ3v) is 7.10. The number of hydrazone groups is 1. The van der Waals surface area contributed by atoms with E-state index in [4.69, 9.17) is 14.7 Å². The van der Waals surface area contributed by atoms with Gasteiger partial charge >= 0.3 is 0 Å². The molecule has 0 heterocycles. The van der Waals surface area contributed by atoms with Crippen molar-refractivity contribution in [2.45, 2.75) is 17.4 Å². The van der Waals surface area contributed by atoms with Gasteiger partial charge in [-0.05, 0) is 82.6 Å². The molecule has 3 aromatic carbocycles. The molecule has 0 saturated heterocycles. The van der Waals surface area contributed by atoms with Gasteiger partial charge in [0, 0.05) is 3.57 Å². The van der Waals surface area contributed by atoms with Crippen molar-refractivity contribution in [2.24, 2.45) is 5.10 Å². The molecule has 0 bridgehead atoms. The molecule has 0 aromatic heterocycles. The number of benzene rings is 3. The highest BCUT2D eigenvalue weighted by Crippen LogP contribution is 2.27. The monoisotopic (exact) mass is 618 g/mol. The molecule has 0 radical (unpaired) electrons. The van der Waals surface area contributed by atoms with E-state index in [-0.39, 0.29) is 17.9 Å². The van der Waals surface area contributed by atoms with Gasteiger partial charge in [-0.3, -0.25) is 4.79 Å². The first-order chi connectivity index (χ1) is 17.3. The molecule has 36 heavy (non-hydrogen) atoms. The van der Waals surface area contributed by atoms with Crippen molar-refractivity contribution in [3.8, 4) is 17.6 Å². The summed E-state index contributed by atoms with van der Waals surface area (Å²) in [5.74, 6) is 0.172. The van der Waals surface area contributed by atoms with Crippen molar-refractivity contribution in [3.05, 3.63) is 87.5 Å². The summed E-state index contributed by atoms with van der Waals surface area (Å²) in [4.78, 5) is 13.0. The Morgan fingerprint density at radius 3 is 2.50 bits per heavy atom. The van der Waals surface area contributed by atoms with Crippen LogP contribution in [0.25, 0.3) is 0 Å². The maximum absolute atomic E-state index is 13.0. The number of halogens is 1. The minimum absolute atomic E-state index is 0.0584. The number of nitrogens with one attached hydrogen (secondary N) is 2. The third-order valence-electron chi connectivity index (χ3n) is 4.89. The first-order valence-electron chi connectivity index (χ1n) is 10.6. The zero-order valence-electron chi connectivity index (χ0n) is 19.2. The predicted octanol–water partition coefficient (Wildman–Crippen LogP) is 3.24. The van der Waals surface area contributed by atoms with E-state index in [9.17, 15) is 13.2 Å². The lowest BCUT2D eigenvalue weighted by Gasteiger charge is -2.17. The number of hydrogen-bond donors (Lipinski definition) is 2. The van der Waals surface area contributed by atoms with Crippen LogP contribution < -0.4 is 19.6 Å². The average Bonchev–Trinajstić information content (AvgIpc) is 2.88. The number of amides is 1. The Bertz CT molecular complexity index is 1360. The summed E-state index contributed by atoms with van der Waals surface area (Å²) in [6, 6.07) is 21.1. The number of hydrogen-bond acceptors (Lipinski definition) is 7. The summed E-state index contributed by atoms with van der Waals surface area (Å²) in [5, 5.41) is 12.7. The van der Waals surface area contributed by atoms with Crippen LogP contribution in [-0.2, 0) is 21.2 Å². The van der Waals surface area contributed by atoms with Crippen molar-refractivity contribution < 1.29 is 22.7 Å². The molecule has 0 fully saturated rings. The van der Waals surface area contributed by atoms with Gasteiger partial charge in [0.1, 0.15) is 12.1 Å². The van der Waals surface area contributed by atoms with Gasteiger partial charge in [0.05, 0.1) is 18.2 Å². The van der Waals surface area contributed by atoms with Crippen molar-refractivity contribution in [1.29, 1.82) is 5.26 Å². The van der Waals surface area contributed by atoms with Crippen LogP contribution >= 0.6 is 22.6 Å². The van der Waals surface area contributed by atoms with Gasteiger partial charge in [-0.15, -0.1) is 0 Å². The largest absolute Gasteiger partial charge is 0.493 e. The molecule has 186 valence electrons. The lowest BCUT2D eigenvalue weighted by molar-refractivity contribution is -0.122. The normalized spacial score (nSPS) is 12.0. The van der Waals surface area contributed by atoms with E-state index in [0.29, 0.717) is 17.1 Å². The lowest BCUT2D eigenvalue weighted by Crippen LogP contribution is -2.46. The summed E-state index contributed by atoms with van der Waals surface area (Å²) in [6.07, 6.45) is 1.52. The summed E-state index contributed by atoms with van der Waals surface area (Å²) in [7, 11) is -2.50. The van der Waals surface area contributed by atoms with E-state index in [2.05, 4.69) is 37.8 Å². The highest BCUT2D eigenvalue weighted by Gasteiger charge is 2.26. The molecule has 3 aromatic rings. The van der Waals surface area contributed by atoms with Gasteiger partial charge in [0.2, 0.25) is 10.0 Å². The van der Waals surface area contributed by atoms with Crippen molar-refractivity contribution in [1.82, 2.24) is 10.1 Å². The molecule has 0 aliphatic rings. The molecule has 3 rings (SSSR count). The summed E-state index contributed by atoms with van der Waals surface area (Å²) in [5.41, 5.74) is 3.78. The minimum Gasteiger partial charge on any atom is -0.493 e. The maximum Gasteiger partial charge on any atom is 0.258 e. The molecule has 0 unspecified atom stereocenters. The van der Waals surface area contributed by atoms with Crippen LogP contribution in [0.5, 0.6) is 11.5 Å². The zero-order valence-corrected chi connectivity index (χ0v) is 22.2. The van der Waals surface area contributed by atoms with Crippen LogP contribution in [0.4, 0.5) is 0 Å². The number of sulfonamides is 1. The molecule has 0 spiro atoms. The summed E-state index contributed by atoms with van der Waals surface area (Å²) >= 11 is 2.08. The topological polar surface area (TPSA) is 130 Å². The number of nitrogens with zero attached hydrogens (tertiary/aromatic N) is 2. The fourth-order valence-electron chi connectivity index (χ4n) is 3.15. The summed E-state index contributed by atoms with van der Waals surface area (Å²) < 4.78 is 39.8. The molecular weight excluding hydrogens is 595 g/mol. The number of carbonyl (C=O) groups excluding carboxylic acids is 1. The van der Waals surface area contributed by atoms with Crippen molar-refractivity contribution in [3.63, 3.8) is 0 Å². The Morgan fingerprint density at radius 2 is 1.83 bits per heavy atom. The Labute approximate surface area is 223 Å². The standard InChI is InChI=1S/C25H23IN4O5S/c1-34-24-16-19(7-12-23(24)35-14-13-27)17-28-29-25(31)22(15-18-5-3-2-4-6-18)30-36(32,33)21-10-8-20(26)9-11-21/h2-12,16-17,22,30H,14-15H2,1H3,(H,29,31)/b28-17-/t22-/m0/s1. The van der Waals surface area contributed by atoms with Crippen LogP contribution in [0.1, 0.15) is 11.1 Å². The average molecular weight is 618 g/mol. The van der Waals surface area contributed by atoms with Crippen LogP contribution in [0, 0.1) is 14.9 Å². The maximum atomic E-state index is 13.0. The van der Waals surface area contributed by atoms with Gasteiger partial charge in [-0.2, -0.15) is 15.1 Å². The van der Waals surface area contributed by atoms with Gasteiger partial charge in [-0.1, -0.05) is 30.3 Å². The Balaban J connectivity index is 1.76. The van der Waals surface area contributed by atoms with Gasteiger partial charge in [-0.25, -0.2) is 13.8 Å². The SMILES string of the molecule is COc1cc(/C=N\NC(=O)[C@H](Cc2ccccc2)NS(=O)(=O)c2ccc(I)cc2)ccc1OCC#N. The molecule has 0 saturated carbocycles. The Hall–Kier alpha value is -3.47. The van der Waals surface area contributed by atoms with E-state index in [1.54, 1.807) is 30.3 Å². The predicted molar refractivity (Wildman–Crippen MR) is 143 cm³/mol. The second kappa shape index (κ2) is 13.0. The zero-order chi connectivity index (χ0) is 26.0. The molecule has 1 amide bonds. The fraction of sp³-hybridized carbons (Fsp3) is 0.160. The second-order valence-electron chi connectivity index (χ2n) is 7.41. The number of ether oxygens (including phenoxy) is 2. The fourth-order valence-corrected chi connectivity index (χ4v) is 4.70. The molecule has 0 aliphatic carbocycles. The third kappa shape index (κ3) is 7.77. The van der Waals surface area contributed by atoms with Crippen LogP contribution in [-0.4, -0.2) is 40.3 Å². The molecule has 11 heteroatoms. The molecular formula is C25H23IN4O5S. The highest BCUT2D eigenvalue weighted by molar-refractivity contribution is 14.1. The van der Waals surface area contributed by atoms with Crippen LogP contribution in [0.2, 0.25) is 0 Å². The van der Waals surface area contributed by atoms with E-state index in [0.717, 1.165) is 9.13 Å². The van der Waals surface area contributed by atoms with E-state index in [1.165, 1.54) is 25.5 Å². The lowest BCUT2D eigenvalue weighted by atomic mass is 10.1.